The molecule has 3 nitrogen and oxygen atoms in total. The van der Waals surface area contributed by atoms with Crippen molar-refractivity contribution in [2.75, 3.05) is 26.7 Å². The maximum atomic E-state index is 13.1. The van der Waals surface area contributed by atoms with Crippen LogP contribution in [0.3, 0.4) is 0 Å². The lowest BCUT2D eigenvalue weighted by molar-refractivity contribution is -0.135. The van der Waals surface area contributed by atoms with Crippen LogP contribution >= 0.6 is 23.4 Å². The summed E-state index contributed by atoms with van der Waals surface area (Å²) in [6.45, 7) is 4.53. The molecule has 0 N–H and O–H groups in total. The van der Waals surface area contributed by atoms with Gasteiger partial charge in [-0.25, -0.2) is 0 Å². The van der Waals surface area contributed by atoms with E-state index < -0.39 is 0 Å². The summed E-state index contributed by atoms with van der Waals surface area (Å²) in [5.41, 5.74) is 1.20. The maximum Gasteiger partial charge on any atom is 0.236 e. The number of piperazine rings is 1. The molecule has 2 aromatic rings. The lowest BCUT2D eigenvalue weighted by Gasteiger charge is -2.41. The minimum Gasteiger partial charge on any atom is -0.332 e. The number of amides is 1. The predicted octanol–water partition coefficient (Wildman–Crippen LogP) is 4.34. The molecule has 0 radical (unpaired) electrons. The van der Waals surface area contributed by atoms with Crippen molar-refractivity contribution in [3.05, 3.63) is 65.2 Å². The van der Waals surface area contributed by atoms with Gasteiger partial charge >= 0.3 is 0 Å². The van der Waals surface area contributed by atoms with Crippen molar-refractivity contribution in [2.45, 2.75) is 23.1 Å². The van der Waals surface area contributed by atoms with Crippen LogP contribution in [0.4, 0.5) is 0 Å². The third kappa shape index (κ3) is 4.57. The number of benzene rings is 2. The van der Waals surface area contributed by atoms with E-state index >= 15 is 0 Å². The monoisotopic (exact) mass is 374 g/mol. The number of nitrogens with zero attached hydrogens (tertiary/aromatic N) is 2. The fraction of sp³-hybridized carbons (Fsp3) is 0.350. The van der Waals surface area contributed by atoms with Crippen LogP contribution in [0.5, 0.6) is 0 Å². The molecule has 0 aliphatic carbocycles. The van der Waals surface area contributed by atoms with E-state index in [1.165, 1.54) is 5.56 Å². The van der Waals surface area contributed by atoms with Gasteiger partial charge in [0.05, 0.1) is 11.3 Å². The molecular weight excluding hydrogens is 352 g/mol. The van der Waals surface area contributed by atoms with Crippen LogP contribution in [-0.2, 0) is 4.79 Å². The zero-order valence-corrected chi connectivity index (χ0v) is 16.1. The van der Waals surface area contributed by atoms with Crippen LogP contribution in [0, 0.1) is 0 Å². The highest BCUT2D eigenvalue weighted by Gasteiger charge is 2.32. The van der Waals surface area contributed by atoms with Gasteiger partial charge in [-0.3, -0.25) is 4.79 Å². The summed E-state index contributed by atoms with van der Waals surface area (Å²) in [7, 11) is 2.11. The Morgan fingerprint density at radius 1 is 1.12 bits per heavy atom. The van der Waals surface area contributed by atoms with Gasteiger partial charge in [-0.2, -0.15) is 0 Å². The van der Waals surface area contributed by atoms with Crippen LogP contribution in [0.1, 0.15) is 18.5 Å². The Balaban J connectivity index is 1.75. The van der Waals surface area contributed by atoms with E-state index in [4.69, 9.17) is 11.6 Å². The minimum atomic E-state index is -0.129. The summed E-state index contributed by atoms with van der Waals surface area (Å²) >= 11 is 7.53. The Hall–Kier alpha value is -1.49. The molecule has 1 heterocycles. The molecule has 0 saturated carbocycles. The molecule has 2 aromatic carbocycles. The third-order valence-electron chi connectivity index (χ3n) is 4.53. The summed E-state index contributed by atoms with van der Waals surface area (Å²) in [4.78, 5) is 18.5. The Kier molecular flexibility index (Phi) is 6.05. The number of thioether (sulfide) groups is 1. The van der Waals surface area contributed by atoms with E-state index in [9.17, 15) is 4.79 Å². The second-order valence-corrected chi connectivity index (χ2v) is 8.29. The molecule has 3 rings (SSSR count). The van der Waals surface area contributed by atoms with Gasteiger partial charge in [-0.15, -0.1) is 11.8 Å². The van der Waals surface area contributed by atoms with Crippen molar-refractivity contribution in [3.63, 3.8) is 0 Å². The standard InChI is InChI=1S/C20H23ClN2OS/c1-15(25-18-10-8-17(21)9-11-18)20(24)23-13-12-22(2)14-19(23)16-6-4-3-5-7-16/h3-11,15,19H,12-14H2,1-2H3/t15-,19-/m0/s1. The van der Waals surface area contributed by atoms with E-state index in [1.807, 2.05) is 54.3 Å². The number of rotatable bonds is 4. The second-order valence-electron chi connectivity index (χ2n) is 6.43. The van der Waals surface area contributed by atoms with E-state index in [0.29, 0.717) is 5.02 Å². The molecule has 2 atom stereocenters. The number of halogens is 1. The average Bonchev–Trinajstić information content (AvgIpc) is 2.63. The predicted molar refractivity (Wildman–Crippen MR) is 105 cm³/mol. The van der Waals surface area contributed by atoms with E-state index in [0.717, 1.165) is 24.5 Å². The maximum absolute atomic E-state index is 13.1. The molecule has 0 spiro atoms. The highest BCUT2D eigenvalue weighted by molar-refractivity contribution is 8.00. The molecule has 5 heteroatoms. The second kappa shape index (κ2) is 8.26. The topological polar surface area (TPSA) is 23.6 Å². The molecule has 25 heavy (non-hydrogen) atoms. The van der Waals surface area contributed by atoms with Crippen molar-refractivity contribution in [1.29, 1.82) is 0 Å². The van der Waals surface area contributed by atoms with E-state index in [2.05, 4.69) is 24.1 Å². The van der Waals surface area contributed by atoms with Gasteiger partial charge in [-0.1, -0.05) is 41.9 Å². The van der Waals surface area contributed by atoms with Gasteiger partial charge < -0.3 is 9.80 Å². The van der Waals surface area contributed by atoms with Gasteiger partial charge in [0, 0.05) is 29.6 Å². The van der Waals surface area contributed by atoms with Crippen LogP contribution in [0.2, 0.25) is 5.02 Å². The Morgan fingerprint density at radius 2 is 1.80 bits per heavy atom. The molecule has 1 amide bonds. The first-order valence-corrected chi connectivity index (χ1v) is 9.76. The van der Waals surface area contributed by atoms with Gasteiger partial charge in [0.15, 0.2) is 0 Å². The first-order valence-electron chi connectivity index (χ1n) is 8.51. The van der Waals surface area contributed by atoms with E-state index in [1.54, 1.807) is 11.8 Å². The van der Waals surface area contributed by atoms with Gasteiger partial charge in [0.25, 0.3) is 0 Å². The summed E-state index contributed by atoms with van der Waals surface area (Å²) in [6, 6.07) is 18.1. The molecule has 1 saturated heterocycles. The fourth-order valence-corrected chi connectivity index (χ4v) is 4.21. The Morgan fingerprint density at radius 3 is 2.48 bits per heavy atom. The summed E-state index contributed by atoms with van der Waals surface area (Å²) in [5, 5.41) is 0.585. The molecule has 1 fully saturated rings. The molecule has 0 bridgehead atoms. The third-order valence-corrected chi connectivity index (χ3v) is 5.88. The first-order chi connectivity index (χ1) is 12.0. The highest BCUT2D eigenvalue weighted by atomic mass is 35.5. The Labute approximate surface area is 159 Å². The van der Waals surface area contributed by atoms with Crippen LogP contribution in [0.25, 0.3) is 0 Å². The fourth-order valence-electron chi connectivity index (χ4n) is 3.14. The van der Waals surface area contributed by atoms with Crippen molar-refractivity contribution in [3.8, 4) is 0 Å². The van der Waals surface area contributed by atoms with E-state index in [-0.39, 0.29) is 17.2 Å². The van der Waals surface area contributed by atoms with Crippen LogP contribution in [-0.4, -0.2) is 47.6 Å². The quantitative estimate of drug-likeness (QED) is 0.744. The SMILES string of the molecule is C[C@H](Sc1ccc(Cl)cc1)C(=O)N1CCN(C)C[C@H]1c1ccccc1. The number of carbonyl (C=O) groups is 1. The molecule has 1 aliphatic heterocycles. The highest BCUT2D eigenvalue weighted by Crippen LogP contribution is 2.30. The van der Waals surface area contributed by atoms with Crippen molar-refractivity contribution in [2.24, 2.45) is 0 Å². The first kappa shape index (κ1) is 18.3. The lowest BCUT2D eigenvalue weighted by atomic mass is 10.0. The smallest absolute Gasteiger partial charge is 0.236 e. The largest absolute Gasteiger partial charge is 0.332 e. The van der Waals surface area contributed by atoms with Crippen LogP contribution in [0.15, 0.2) is 59.5 Å². The zero-order valence-electron chi connectivity index (χ0n) is 14.6. The molecule has 0 unspecified atom stereocenters. The van der Waals surface area contributed by atoms with Crippen molar-refractivity contribution >= 4 is 29.3 Å². The normalized spacial score (nSPS) is 19.6. The molecule has 0 aromatic heterocycles. The number of likely N-dealkylation sites (N-methyl/N-ethyl adjacent to an activating group) is 1. The van der Waals surface area contributed by atoms with Crippen molar-refractivity contribution in [1.82, 2.24) is 9.80 Å². The molecular formula is C20H23ClN2OS. The van der Waals surface area contributed by atoms with Crippen molar-refractivity contribution < 1.29 is 4.79 Å². The van der Waals surface area contributed by atoms with Gasteiger partial charge in [0.2, 0.25) is 5.91 Å². The number of hydrogen-bond donors (Lipinski definition) is 0. The minimum absolute atomic E-state index is 0.112. The van der Waals surface area contributed by atoms with Gasteiger partial charge in [-0.05, 0) is 43.8 Å². The summed E-state index contributed by atoms with van der Waals surface area (Å²) in [5.74, 6) is 0.196. The summed E-state index contributed by atoms with van der Waals surface area (Å²) in [6.07, 6.45) is 0. The Bertz CT molecular complexity index is 707. The zero-order chi connectivity index (χ0) is 17.8. The average molecular weight is 375 g/mol. The number of hydrogen-bond acceptors (Lipinski definition) is 3. The lowest BCUT2D eigenvalue weighted by Crippen LogP contribution is -2.51. The van der Waals surface area contributed by atoms with Crippen LogP contribution < -0.4 is 0 Å². The summed E-state index contributed by atoms with van der Waals surface area (Å²) < 4.78 is 0. The molecule has 132 valence electrons. The molecule has 1 aliphatic rings. The van der Waals surface area contributed by atoms with Gasteiger partial charge in [0.1, 0.15) is 0 Å². The number of carbonyl (C=O) groups excluding carboxylic acids is 1.